The Morgan fingerprint density at radius 1 is 1.32 bits per heavy atom. The van der Waals surface area contributed by atoms with Gasteiger partial charge in [-0.1, -0.05) is 37.3 Å². The van der Waals surface area contributed by atoms with Gasteiger partial charge in [-0.25, -0.2) is 9.37 Å². The number of nitrogens with one attached hydrogen (secondary N) is 1. The summed E-state index contributed by atoms with van der Waals surface area (Å²) < 4.78 is 15.2. The smallest absolute Gasteiger partial charge is 0.274 e. The van der Waals surface area contributed by atoms with Gasteiger partial charge in [0.15, 0.2) is 0 Å². The van der Waals surface area contributed by atoms with Crippen LogP contribution in [0.5, 0.6) is 0 Å². The third-order valence-electron chi connectivity index (χ3n) is 7.30. The van der Waals surface area contributed by atoms with Crippen LogP contribution in [0.4, 0.5) is 10.1 Å². The average molecular weight is 487 g/mol. The molecule has 8 heteroatoms. The molecule has 2 aromatic rings. The quantitative estimate of drug-likeness (QED) is 0.592. The molecule has 0 spiro atoms. The fraction of sp³-hybridized carbons (Fsp3) is 0.538. The van der Waals surface area contributed by atoms with Crippen molar-refractivity contribution >= 4 is 23.2 Å². The number of benzene rings is 1. The minimum absolute atomic E-state index is 0.0423. The topological polar surface area (TPSA) is 70.4 Å². The Bertz CT molecular complexity index is 1100. The summed E-state index contributed by atoms with van der Waals surface area (Å²) in [6.45, 7) is 6.80. The number of hydrogen-bond donors (Lipinski definition) is 2. The fourth-order valence-corrected chi connectivity index (χ4v) is 5.72. The van der Waals surface area contributed by atoms with E-state index in [-0.39, 0.29) is 16.8 Å². The van der Waals surface area contributed by atoms with E-state index in [1.54, 1.807) is 17.9 Å². The monoisotopic (exact) mass is 486 g/mol. The van der Waals surface area contributed by atoms with Crippen LogP contribution in [0.15, 0.2) is 24.5 Å². The lowest BCUT2D eigenvalue weighted by atomic mass is 9.92. The van der Waals surface area contributed by atoms with Gasteiger partial charge in [0.05, 0.1) is 23.6 Å². The highest BCUT2D eigenvalue weighted by molar-refractivity contribution is 6.31. The average Bonchev–Trinajstić information content (AvgIpc) is 3.44. The number of imidazole rings is 1. The highest BCUT2D eigenvalue weighted by atomic mass is 35.5. The number of carbonyl (C=O) groups is 1. The van der Waals surface area contributed by atoms with E-state index < -0.39 is 11.4 Å². The number of rotatable bonds is 6. The van der Waals surface area contributed by atoms with Crippen LogP contribution in [-0.2, 0) is 7.05 Å². The second kappa shape index (κ2) is 10.1. The Hall–Kier alpha value is -2.40. The Kier molecular flexibility index (Phi) is 7.32. The molecular weight excluding hydrogens is 455 g/mol. The fourth-order valence-electron chi connectivity index (χ4n) is 5.54. The van der Waals surface area contributed by atoms with Crippen LogP contribution in [0.2, 0.25) is 5.02 Å². The van der Waals surface area contributed by atoms with Crippen LogP contribution in [0.25, 0.3) is 0 Å². The predicted molar refractivity (Wildman–Crippen MR) is 131 cm³/mol. The Labute approximate surface area is 205 Å². The van der Waals surface area contributed by atoms with Crippen molar-refractivity contribution in [2.24, 2.45) is 18.9 Å². The first-order valence-corrected chi connectivity index (χ1v) is 12.3. The van der Waals surface area contributed by atoms with Gasteiger partial charge < -0.3 is 15.0 Å². The molecule has 2 fully saturated rings. The van der Waals surface area contributed by atoms with Crippen molar-refractivity contribution in [3.05, 3.63) is 46.8 Å². The summed E-state index contributed by atoms with van der Waals surface area (Å²) in [7, 11) is 1.79. The molecule has 1 heterocycles. The molecule has 2 aliphatic carbocycles. The second-order valence-corrected chi connectivity index (χ2v) is 9.97. The van der Waals surface area contributed by atoms with E-state index in [1.807, 2.05) is 0 Å². The number of anilines is 1. The summed E-state index contributed by atoms with van der Waals surface area (Å²) >= 11 is 5.85. The molecule has 6 nitrogen and oxygen atoms in total. The molecule has 2 unspecified atom stereocenters. The lowest BCUT2D eigenvalue weighted by molar-refractivity contribution is 0.0977. The Morgan fingerprint density at radius 2 is 2.00 bits per heavy atom. The molecule has 1 aromatic carbocycles. The van der Waals surface area contributed by atoms with Crippen LogP contribution in [0.3, 0.4) is 0 Å². The lowest BCUT2D eigenvalue weighted by Gasteiger charge is -2.19. The number of aryl methyl sites for hydroxylation is 1. The van der Waals surface area contributed by atoms with Crippen molar-refractivity contribution in [2.75, 3.05) is 25.0 Å². The van der Waals surface area contributed by atoms with Crippen molar-refractivity contribution < 1.29 is 14.3 Å². The van der Waals surface area contributed by atoms with E-state index in [1.165, 1.54) is 18.2 Å². The molecule has 182 valence electrons. The summed E-state index contributed by atoms with van der Waals surface area (Å²) in [6, 6.07) is 4.11. The molecule has 1 amide bonds. The van der Waals surface area contributed by atoms with E-state index in [0.717, 1.165) is 31.6 Å². The van der Waals surface area contributed by atoms with Gasteiger partial charge in [-0.15, -0.1) is 0 Å². The molecule has 4 rings (SSSR count). The summed E-state index contributed by atoms with van der Waals surface area (Å²) in [5, 5.41) is 13.8. The lowest BCUT2D eigenvalue weighted by Crippen LogP contribution is -2.26. The van der Waals surface area contributed by atoms with Gasteiger partial charge in [-0.05, 0) is 68.8 Å². The number of hydrogen-bond acceptors (Lipinski definition) is 4. The normalized spacial score (nSPS) is 25.8. The van der Waals surface area contributed by atoms with Gasteiger partial charge >= 0.3 is 0 Å². The van der Waals surface area contributed by atoms with Crippen molar-refractivity contribution in [3.63, 3.8) is 0 Å². The van der Waals surface area contributed by atoms with E-state index in [9.17, 15) is 14.3 Å². The van der Waals surface area contributed by atoms with E-state index >= 15 is 0 Å². The van der Waals surface area contributed by atoms with Gasteiger partial charge in [0, 0.05) is 18.7 Å². The first kappa shape index (κ1) is 24.7. The predicted octanol–water partition coefficient (Wildman–Crippen LogP) is 4.44. The van der Waals surface area contributed by atoms with E-state index in [4.69, 9.17) is 11.6 Å². The van der Waals surface area contributed by atoms with Crippen molar-refractivity contribution in [1.29, 1.82) is 0 Å². The van der Waals surface area contributed by atoms with Crippen LogP contribution in [0, 0.1) is 29.5 Å². The Balaban J connectivity index is 1.43. The molecule has 2 N–H and O–H groups in total. The highest BCUT2D eigenvalue weighted by Crippen LogP contribution is 2.53. The number of carbonyl (C=O) groups excluding carboxylic acids is 1. The summed E-state index contributed by atoms with van der Waals surface area (Å²) in [5.74, 6) is 6.40. The van der Waals surface area contributed by atoms with Gasteiger partial charge in [-0.3, -0.25) is 9.69 Å². The molecule has 0 aliphatic heterocycles. The third-order valence-corrected chi connectivity index (χ3v) is 7.59. The zero-order chi connectivity index (χ0) is 24.5. The number of amides is 1. The highest BCUT2D eigenvalue weighted by Gasteiger charge is 2.49. The third kappa shape index (κ3) is 5.14. The first-order valence-electron chi connectivity index (χ1n) is 11.9. The Morgan fingerprint density at radius 3 is 2.62 bits per heavy atom. The first-order chi connectivity index (χ1) is 16.2. The summed E-state index contributed by atoms with van der Waals surface area (Å²) in [4.78, 5) is 19.9. The maximum atomic E-state index is 13.5. The van der Waals surface area contributed by atoms with Crippen LogP contribution < -0.4 is 5.32 Å². The zero-order valence-corrected chi connectivity index (χ0v) is 20.7. The molecule has 1 aromatic heterocycles. The van der Waals surface area contributed by atoms with Crippen molar-refractivity contribution in [1.82, 2.24) is 14.5 Å². The number of aliphatic hydroxyl groups is 1. The summed E-state index contributed by atoms with van der Waals surface area (Å²) in [5.41, 5.74) is 0.790. The van der Waals surface area contributed by atoms with Crippen molar-refractivity contribution in [2.45, 2.75) is 51.0 Å². The maximum Gasteiger partial charge on any atom is 0.274 e. The molecule has 34 heavy (non-hydrogen) atoms. The zero-order valence-electron chi connectivity index (χ0n) is 19.9. The number of aromatic nitrogens is 2. The maximum absolute atomic E-state index is 13.5. The number of nitrogens with zero attached hydrogens (tertiary/aromatic N) is 3. The molecule has 2 saturated carbocycles. The largest absolute Gasteiger partial charge is 0.378 e. The molecule has 0 saturated heterocycles. The molecule has 0 radical (unpaired) electrons. The van der Waals surface area contributed by atoms with Gasteiger partial charge in [0.2, 0.25) is 0 Å². The van der Waals surface area contributed by atoms with Crippen molar-refractivity contribution in [3.8, 4) is 11.8 Å². The SMILES string of the molecule is CCN(CC)CC#CC1(O)CC2CC(c3ncn(C)c3C(=O)Nc3ccc(F)c(Cl)c3)CC2C1. The van der Waals surface area contributed by atoms with E-state index in [2.05, 4.69) is 40.9 Å². The molecule has 2 aliphatic rings. The minimum atomic E-state index is -0.917. The second-order valence-electron chi connectivity index (χ2n) is 9.56. The van der Waals surface area contributed by atoms with E-state index in [0.29, 0.717) is 42.6 Å². The standard InChI is InChI=1S/C26H32ClFN4O2/c1-4-32(5-2)10-6-9-26(34)14-18-11-17(12-19(18)15-26)23-24(31(3)16-29-23)25(33)30-20-7-8-22(28)21(27)13-20/h7-8,13,16-19,34H,4-5,10-12,14-15H2,1-3H3,(H,30,33). The molecule has 2 atom stereocenters. The summed E-state index contributed by atoms with van der Waals surface area (Å²) in [6.07, 6.45) is 4.75. The van der Waals surface area contributed by atoms with Crippen LogP contribution >= 0.6 is 11.6 Å². The van der Waals surface area contributed by atoms with Crippen LogP contribution in [0.1, 0.15) is 61.6 Å². The minimum Gasteiger partial charge on any atom is -0.378 e. The number of halogens is 2. The van der Waals surface area contributed by atoms with Gasteiger partial charge in [0.25, 0.3) is 5.91 Å². The van der Waals surface area contributed by atoms with Gasteiger partial charge in [-0.2, -0.15) is 0 Å². The molecule has 0 bridgehead atoms. The van der Waals surface area contributed by atoms with Gasteiger partial charge in [0.1, 0.15) is 17.1 Å². The molecular formula is C26H32ClFN4O2. The van der Waals surface area contributed by atoms with Crippen LogP contribution in [-0.4, -0.2) is 50.7 Å². The number of fused-ring (bicyclic) bond motifs is 1.